The summed E-state index contributed by atoms with van der Waals surface area (Å²) in [5.74, 6) is -0.462. The van der Waals surface area contributed by atoms with E-state index in [0.717, 1.165) is 0 Å². The molecule has 0 radical (unpaired) electrons. The average Bonchev–Trinajstić information content (AvgIpc) is 2.18. The van der Waals surface area contributed by atoms with Crippen molar-refractivity contribution in [2.24, 2.45) is 0 Å². The lowest BCUT2D eigenvalue weighted by Crippen LogP contribution is -2.63. The molecular weight excluding hydrogens is 206 g/mol. The third kappa shape index (κ3) is 2.64. The minimum atomic E-state index is -1.45. The zero-order chi connectivity index (χ0) is 11.6. The van der Waals surface area contributed by atoms with Crippen LogP contribution in [0.3, 0.4) is 0 Å². The molecule has 0 aromatic rings. The van der Waals surface area contributed by atoms with Gasteiger partial charge in [-0.05, 0) is 0 Å². The van der Waals surface area contributed by atoms with Crippen LogP contribution in [0.2, 0.25) is 0 Å². The zero-order valence-electron chi connectivity index (χ0n) is 8.20. The van der Waals surface area contributed by atoms with E-state index in [1.807, 2.05) is 0 Å². The Kier molecular flexibility index (Phi) is 4.00. The fraction of sp³-hybridized carbons (Fsp3) is 0.875. The first-order chi connectivity index (χ1) is 6.97. The number of rotatable bonds is 2. The lowest BCUT2D eigenvalue weighted by molar-refractivity contribution is -0.253. The molecule has 1 fully saturated rings. The average molecular weight is 221 g/mol. The molecule has 15 heavy (non-hydrogen) atoms. The molecule has 1 rings (SSSR count). The van der Waals surface area contributed by atoms with Crippen LogP contribution in [0.4, 0.5) is 0 Å². The fourth-order valence-corrected chi connectivity index (χ4v) is 1.49. The Balaban J connectivity index is 2.70. The van der Waals surface area contributed by atoms with E-state index >= 15 is 0 Å². The number of ether oxygens (including phenoxy) is 1. The van der Waals surface area contributed by atoms with Crippen molar-refractivity contribution in [3.63, 3.8) is 0 Å². The lowest BCUT2D eigenvalue weighted by Gasteiger charge is -2.40. The van der Waals surface area contributed by atoms with Gasteiger partial charge in [0.1, 0.15) is 24.4 Å². The zero-order valence-corrected chi connectivity index (χ0v) is 8.20. The summed E-state index contributed by atoms with van der Waals surface area (Å²) >= 11 is 0. The van der Waals surface area contributed by atoms with E-state index < -0.39 is 43.2 Å². The second-order valence-electron chi connectivity index (χ2n) is 3.46. The van der Waals surface area contributed by atoms with E-state index in [-0.39, 0.29) is 0 Å². The lowest BCUT2D eigenvalue weighted by atomic mass is 9.97. The predicted octanol–water partition coefficient (Wildman–Crippen LogP) is -3.08. The summed E-state index contributed by atoms with van der Waals surface area (Å²) in [6, 6.07) is -1.10. The van der Waals surface area contributed by atoms with E-state index in [1.54, 1.807) is 0 Å². The standard InChI is InChI=1S/C8H15NO6/c1-3(11)9-5-7(13)6(12)4(2-10)15-8(5)14/h4-8,10,12-14H,2H2,1H3,(H,9,11)/t4?,5?,6-,7+,8-/m0/s1. The number of nitrogens with one attached hydrogen (secondary N) is 1. The molecule has 7 heteroatoms. The van der Waals surface area contributed by atoms with Gasteiger partial charge in [-0.15, -0.1) is 0 Å². The highest BCUT2D eigenvalue weighted by Crippen LogP contribution is 2.19. The molecule has 1 heterocycles. The Bertz CT molecular complexity index is 235. The number of carbonyl (C=O) groups is 1. The maximum Gasteiger partial charge on any atom is 0.217 e. The first-order valence-corrected chi connectivity index (χ1v) is 4.55. The molecule has 5 N–H and O–H groups in total. The Morgan fingerprint density at radius 3 is 2.40 bits per heavy atom. The van der Waals surface area contributed by atoms with Gasteiger partial charge < -0.3 is 30.5 Å². The molecule has 0 aromatic carbocycles. The highest BCUT2D eigenvalue weighted by Gasteiger charge is 2.43. The van der Waals surface area contributed by atoms with Crippen molar-refractivity contribution in [2.75, 3.05) is 6.61 Å². The van der Waals surface area contributed by atoms with Gasteiger partial charge in [-0.2, -0.15) is 0 Å². The quantitative estimate of drug-likeness (QED) is 0.337. The van der Waals surface area contributed by atoms with E-state index in [1.165, 1.54) is 6.92 Å². The summed E-state index contributed by atoms with van der Waals surface area (Å²) in [7, 11) is 0. The SMILES string of the molecule is CC(=O)NC1[C@@H](O)[C@@H](O)C(CO)O[C@@H]1O. The van der Waals surface area contributed by atoms with Crippen molar-refractivity contribution in [1.82, 2.24) is 5.32 Å². The van der Waals surface area contributed by atoms with Crippen LogP contribution >= 0.6 is 0 Å². The first kappa shape index (κ1) is 12.3. The van der Waals surface area contributed by atoms with Crippen molar-refractivity contribution >= 4 is 5.91 Å². The number of hydrogen-bond donors (Lipinski definition) is 5. The second-order valence-corrected chi connectivity index (χ2v) is 3.46. The summed E-state index contributed by atoms with van der Waals surface area (Å²) in [4.78, 5) is 10.7. The van der Waals surface area contributed by atoms with Crippen LogP contribution in [0.5, 0.6) is 0 Å². The maximum atomic E-state index is 10.7. The van der Waals surface area contributed by atoms with Crippen molar-refractivity contribution in [2.45, 2.75) is 37.6 Å². The molecule has 1 saturated heterocycles. The Morgan fingerprint density at radius 2 is 1.93 bits per heavy atom. The van der Waals surface area contributed by atoms with Crippen LogP contribution in [0.15, 0.2) is 0 Å². The largest absolute Gasteiger partial charge is 0.394 e. The molecule has 1 amide bonds. The van der Waals surface area contributed by atoms with Crippen LogP contribution in [-0.4, -0.2) is 63.6 Å². The minimum Gasteiger partial charge on any atom is -0.394 e. The Labute approximate surface area is 86.3 Å². The fourth-order valence-electron chi connectivity index (χ4n) is 1.49. The monoisotopic (exact) mass is 221 g/mol. The summed E-state index contributed by atoms with van der Waals surface area (Å²) < 4.78 is 4.81. The molecule has 7 nitrogen and oxygen atoms in total. The Morgan fingerprint density at radius 1 is 1.33 bits per heavy atom. The van der Waals surface area contributed by atoms with Gasteiger partial charge in [-0.1, -0.05) is 0 Å². The Hall–Kier alpha value is -0.730. The number of aliphatic hydroxyl groups excluding tert-OH is 4. The molecule has 0 spiro atoms. The van der Waals surface area contributed by atoms with Crippen LogP contribution < -0.4 is 5.32 Å². The van der Waals surface area contributed by atoms with Crippen molar-refractivity contribution in [3.8, 4) is 0 Å². The number of hydrogen-bond acceptors (Lipinski definition) is 6. The van der Waals surface area contributed by atoms with Crippen LogP contribution in [-0.2, 0) is 9.53 Å². The smallest absolute Gasteiger partial charge is 0.217 e. The summed E-state index contributed by atoms with van der Waals surface area (Å²) in [5, 5.41) is 39.4. The molecule has 88 valence electrons. The summed E-state index contributed by atoms with van der Waals surface area (Å²) in [5.41, 5.74) is 0. The number of aliphatic hydroxyl groups is 4. The first-order valence-electron chi connectivity index (χ1n) is 4.55. The van der Waals surface area contributed by atoms with Crippen molar-refractivity contribution < 1.29 is 30.0 Å². The van der Waals surface area contributed by atoms with Gasteiger partial charge in [-0.3, -0.25) is 4.79 Å². The molecule has 1 aliphatic rings. The van der Waals surface area contributed by atoms with Crippen molar-refractivity contribution in [1.29, 1.82) is 0 Å². The van der Waals surface area contributed by atoms with Crippen LogP contribution in [0.1, 0.15) is 6.92 Å². The van der Waals surface area contributed by atoms with Gasteiger partial charge in [0.15, 0.2) is 6.29 Å². The van der Waals surface area contributed by atoms with E-state index in [4.69, 9.17) is 9.84 Å². The molecular formula is C8H15NO6. The number of carbonyl (C=O) groups excluding carboxylic acids is 1. The molecule has 1 aliphatic heterocycles. The van der Waals surface area contributed by atoms with Gasteiger partial charge in [0.25, 0.3) is 0 Å². The van der Waals surface area contributed by atoms with Gasteiger partial charge in [0.05, 0.1) is 6.61 Å². The molecule has 5 atom stereocenters. The maximum absolute atomic E-state index is 10.7. The van der Waals surface area contributed by atoms with Gasteiger partial charge in [-0.25, -0.2) is 0 Å². The molecule has 0 aromatic heterocycles. The van der Waals surface area contributed by atoms with Crippen LogP contribution in [0.25, 0.3) is 0 Å². The normalized spacial score (nSPS) is 41.3. The molecule has 2 unspecified atom stereocenters. The van der Waals surface area contributed by atoms with E-state index in [9.17, 15) is 20.1 Å². The molecule has 0 bridgehead atoms. The second kappa shape index (κ2) is 4.86. The highest BCUT2D eigenvalue weighted by molar-refractivity contribution is 5.73. The third-order valence-electron chi connectivity index (χ3n) is 2.27. The van der Waals surface area contributed by atoms with E-state index in [0.29, 0.717) is 0 Å². The highest BCUT2D eigenvalue weighted by atomic mass is 16.6. The molecule has 0 aliphatic carbocycles. The van der Waals surface area contributed by atoms with Gasteiger partial charge >= 0.3 is 0 Å². The van der Waals surface area contributed by atoms with Crippen molar-refractivity contribution in [3.05, 3.63) is 0 Å². The van der Waals surface area contributed by atoms with Gasteiger partial charge in [0.2, 0.25) is 5.91 Å². The minimum absolute atomic E-state index is 0.462. The predicted molar refractivity (Wildman–Crippen MR) is 47.6 cm³/mol. The molecule has 0 saturated carbocycles. The summed E-state index contributed by atoms with van der Waals surface area (Å²) in [6.07, 6.45) is -5.24. The van der Waals surface area contributed by atoms with Crippen LogP contribution in [0, 0.1) is 0 Å². The third-order valence-corrected chi connectivity index (χ3v) is 2.27. The topological polar surface area (TPSA) is 119 Å². The van der Waals surface area contributed by atoms with E-state index in [2.05, 4.69) is 5.32 Å². The number of amides is 1. The van der Waals surface area contributed by atoms with Gasteiger partial charge in [0, 0.05) is 6.92 Å². The summed E-state index contributed by atoms with van der Waals surface area (Å²) in [6.45, 7) is 0.687.